The van der Waals surface area contributed by atoms with E-state index in [9.17, 15) is 22.4 Å². The molecule has 9 heteroatoms. The summed E-state index contributed by atoms with van der Waals surface area (Å²) in [6, 6.07) is 11.9. The molecule has 0 amide bonds. The maximum absolute atomic E-state index is 13.1. The lowest BCUT2D eigenvalue weighted by atomic mass is 10.2. The van der Waals surface area contributed by atoms with E-state index in [0.717, 1.165) is 4.57 Å². The molecule has 140 valence electrons. The molecule has 0 aliphatic rings. The second-order valence-corrected chi connectivity index (χ2v) is 6.08. The molecule has 0 aliphatic carbocycles. The first-order valence-electron chi connectivity index (χ1n) is 7.68. The van der Waals surface area contributed by atoms with Crippen LogP contribution >= 0.6 is 11.6 Å². The van der Waals surface area contributed by atoms with Crippen LogP contribution in [0.1, 0.15) is 11.3 Å². The number of nitrogens with zero attached hydrogens (tertiary/aromatic N) is 2. The van der Waals surface area contributed by atoms with E-state index in [1.807, 2.05) is 0 Å². The fraction of sp³-hybridized carbons (Fsp3) is 0.111. The van der Waals surface area contributed by atoms with Crippen molar-refractivity contribution in [2.45, 2.75) is 12.7 Å². The fourth-order valence-corrected chi connectivity index (χ4v) is 2.46. The van der Waals surface area contributed by atoms with E-state index in [0.29, 0.717) is 22.3 Å². The van der Waals surface area contributed by atoms with Crippen molar-refractivity contribution in [3.05, 3.63) is 87.0 Å². The number of alkyl halides is 3. The summed E-state index contributed by atoms with van der Waals surface area (Å²) in [7, 11) is 0. The minimum atomic E-state index is -4.77. The molecule has 0 radical (unpaired) electrons. The normalized spacial score (nSPS) is 11.4. The minimum absolute atomic E-state index is 0.0832. The van der Waals surface area contributed by atoms with E-state index >= 15 is 0 Å². The molecule has 0 fully saturated rings. The van der Waals surface area contributed by atoms with Gasteiger partial charge in [0.2, 0.25) is 5.95 Å². The van der Waals surface area contributed by atoms with Gasteiger partial charge in [-0.15, -0.1) is 0 Å². The molecule has 2 aromatic carbocycles. The van der Waals surface area contributed by atoms with Crippen LogP contribution in [0, 0.1) is 5.82 Å². The Morgan fingerprint density at radius 1 is 1.04 bits per heavy atom. The van der Waals surface area contributed by atoms with E-state index in [1.165, 1.54) is 36.4 Å². The van der Waals surface area contributed by atoms with E-state index in [2.05, 4.69) is 10.3 Å². The molecular formula is C18H12ClF4N3O. The van der Waals surface area contributed by atoms with Crippen molar-refractivity contribution in [1.82, 2.24) is 9.55 Å². The Hall–Kier alpha value is -2.87. The fourth-order valence-electron chi connectivity index (χ4n) is 2.33. The van der Waals surface area contributed by atoms with Gasteiger partial charge in [-0.2, -0.15) is 13.2 Å². The number of benzene rings is 2. The van der Waals surface area contributed by atoms with Gasteiger partial charge in [0.25, 0.3) is 5.56 Å². The molecule has 0 spiro atoms. The third-order valence-electron chi connectivity index (χ3n) is 3.65. The van der Waals surface area contributed by atoms with Crippen LogP contribution in [0.3, 0.4) is 0 Å². The van der Waals surface area contributed by atoms with Crippen molar-refractivity contribution < 1.29 is 17.6 Å². The average molecular weight is 398 g/mol. The maximum Gasteiger partial charge on any atom is 0.433 e. The summed E-state index contributed by atoms with van der Waals surface area (Å²) in [6.45, 7) is -0.0832. The SMILES string of the molecule is O=c1cc(C(F)(F)F)nc(Nc2ccc(Cl)cc2)n1Cc1ccc(F)cc1. The monoisotopic (exact) mass is 397 g/mol. The summed E-state index contributed by atoms with van der Waals surface area (Å²) in [4.78, 5) is 15.9. The highest BCUT2D eigenvalue weighted by Crippen LogP contribution is 2.28. The van der Waals surface area contributed by atoms with Gasteiger partial charge in [0, 0.05) is 16.8 Å². The number of aromatic nitrogens is 2. The molecule has 1 N–H and O–H groups in total. The van der Waals surface area contributed by atoms with Crippen molar-refractivity contribution in [1.29, 1.82) is 0 Å². The van der Waals surface area contributed by atoms with Gasteiger partial charge >= 0.3 is 6.18 Å². The summed E-state index contributed by atoms with van der Waals surface area (Å²) in [5.41, 5.74) is -1.27. The third kappa shape index (κ3) is 4.65. The minimum Gasteiger partial charge on any atom is -0.326 e. The van der Waals surface area contributed by atoms with Crippen molar-refractivity contribution in [2.75, 3.05) is 5.32 Å². The predicted molar refractivity (Wildman–Crippen MR) is 93.7 cm³/mol. The van der Waals surface area contributed by atoms with Crippen LogP contribution in [0.2, 0.25) is 5.02 Å². The standard InChI is InChI=1S/C18H12ClF4N3O/c19-12-3-7-14(8-4-12)24-17-25-15(18(21,22)23)9-16(27)26(17)10-11-1-5-13(20)6-2-11/h1-9H,10H2,(H,24,25). The lowest BCUT2D eigenvalue weighted by Crippen LogP contribution is -2.27. The largest absolute Gasteiger partial charge is 0.433 e. The van der Waals surface area contributed by atoms with Gasteiger partial charge in [-0.3, -0.25) is 9.36 Å². The van der Waals surface area contributed by atoms with Gasteiger partial charge in [0.15, 0.2) is 5.69 Å². The number of rotatable bonds is 4. The van der Waals surface area contributed by atoms with Crippen LogP contribution in [0.4, 0.5) is 29.2 Å². The first kappa shape index (κ1) is 18.9. The molecule has 3 aromatic rings. The van der Waals surface area contributed by atoms with Gasteiger partial charge in [0.1, 0.15) is 5.82 Å². The van der Waals surface area contributed by atoms with Crippen LogP contribution in [0.25, 0.3) is 0 Å². The number of hydrogen-bond donors (Lipinski definition) is 1. The summed E-state index contributed by atoms with van der Waals surface area (Å²) in [5, 5.41) is 3.15. The Morgan fingerprint density at radius 2 is 1.67 bits per heavy atom. The summed E-state index contributed by atoms with van der Waals surface area (Å²) in [5.74, 6) is -0.752. The van der Waals surface area contributed by atoms with Crippen molar-refractivity contribution in [3.8, 4) is 0 Å². The highest BCUT2D eigenvalue weighted by Gasteiger charge is 2.34. The molecule has 0 unspecified atom stereocenters. The van der Waals surface area contributed by atoms with Gasteiger partial charge in [-0.25, -0.2) is 9.37 Å². The zero-order chi connectivity index (χ0) is 19.6. The lowest BCUT2D eigenvalue weighted by Gasteiger charge is -2.16. The molecular weight excluding hydrogens is 386 g/mol. The Kier molecular flexibility index (Phi) is 5.18. The second kappa shape index (κ2) is 7.40. The van der Waals surface area contributed by atoms with Crippen LogP contribution in [-0.4, -0.2) is 9.55 Å². The van der Waals surface area contributed by atoms with E-state index in [4.69, 9.17) is 11.6 Å². The quantitative estimate of drug-likeness (QED) is 0.640. The highest BCUT2D eigenvalue weighted by molar-refractivity contribution is 6.30. The molecule has 0 aliphatic heterocycles. The smallest absolute Gasteiger partial charge is 0.326 e. The lowest BCUT2D eigenvalue weighted by molar-refractivity contribution is -0.141. The molecule has 27 heavy (non-hydrogen) atoms. The predicted octanol–water partition coefficient (Wildman–Crippen LogP) is 4.85. The van der Waals surface area contributed by atoms with Gasteiger partial charge in [-0.1, -0.05) is 23.7 Å². The highest BCUT2D eigenvalue weighted by atomic mass is 35.5. The number of halogens is 5. The molecule has 1 heterocycles. The zero-order valence-corrected chi connectivity index (χ0v) is 14.4. The Balaban J connectivity index is 2.05. The molecule has 0 saturated carbocycles. The summed E-state index contributed by atoms with van der Waals surface area (Å²) in [6.07, 6.45) is -4.77. The number of nitrogens with one attached hydrogen (secondary N) is 1. The van der Waals surface area contributed by atoms with E-state index in [1.54, 1.807) is 12.1 Å². The topological polar surface area (TPSA) is 46.9 Å². The molecule has 0 atom stereocenters. The Morgan fingerprint density at radius 3 is 2.26 bits per heavy atom. The zero-order valence-electron chi connectivity index (χ0n) is 13.6. The van der Waals surface area contributed by atoms with Gasteiger partial charge in [-0.05, 0) is 42.0 Å². The van der Waals surface area contributed by atoms with E-state index < -0.39 is 23.2 Å². The molecule has 4 nitrogen and oxygen atoms in total. The molecule has 0 bridgehead atoms. The summed E-state index contributed by atoms with van der Waals surface area (Å²) >= 11 is 5.80. The number of hydrogen-bond acceptors (Lipinski definition) is 3. The molecule has 3 rings (SSSR count). The van der Waals surface area contributed by atoms with Crippen molar-refractivity contribution >= 4 is 23.2 Å². The van der Waals surface area contributed by atoms with Crippen molar-refractivity contribution in [2.24, 2.45) is 0 Å². The van der Waals surface area contributed by atoms with Crippen LogP contribution in [0.5, 0.6) is 0 Å². The van der Waals surface area contributed by atoms with Gasteiger partial charge in [0.05, 0.1) is 6.54 Å². The second-order valence-electron chi connectivity index (χ2n) is 5.65. The first-order chi connectivity index (χ1) is 12.7. The van der Waals surface area contributed by atoms with Crippen LogP contribution in [-0.2, 0) is 12.7 Å². The molecule has 0 saturated heterocycles. The average Bonchev–Trinajstić information content (AvgIpc) is 2.60. The van der Waals surface area contributed by atoms with Crippen molar-refractivity contribution in [3.63, 3.8) is 0 Å². The third-order valence-corrected chi connectivity index (χ3v) is 3.90. The molecule has 1 aromatic heterocycles. The Labute approximate surface area is 156 Å². The van der Waals surface area contributed by atoms with Crippen LogP contribution < -0.4 is 10.9 Å². The first-order valence-corrected chi connectivity index (χ1v) is 8.06. The van der Waals surface area contributed by atoms with Crippen LogP contribution in [0.15, 0.2) is 59.4 Å². The maximum atomic E-state index is 13.1. The Bertz CT molecular complexity index is 999. The van der Waals surface area contributed by atoms with Gasteiger partial charge < -0.3 is 5.32 Å². The number of anilines is 2. The van der Waals surface area contributed by atoms with E-state index in [-0.39, 0.29) is 12.5 Å². The summed E-state index contributed by atoms with van der Waals surface area (Å²) < 4.78 is 53.2.